The SMILES string of the molecule is COCC(CNC(C)C)N1CCC(N2CCCCC2)CC1. The van der Waals surface area contributed by atoms with Gasteiger partial charge in [0.1, 0.15) is 0 Å². The van der Waals surface area contributed by atoms with Crippen molar-refractivity contribution in [1.82, 2.24) is 15.1 Å². The maximum absolute atomic E-state index is 5.44. The molecule has 0 aromatic heterocycles. The molecule has 2 fully saturated rings. The van der Waals surface area contributed by atoms with Gasteiger partial charge < -0.3 is 15.0 Å². The third-order valence-electron chi connectivity index (χ3n) is 5.04. The van der Waals surface area contributed by atoms with Crippen LogP contribution in [-0.4, -0.2) is 74.4 Å². The van der Waals surface area contributed by atoms with Crippen molar-refractivity contribution >= 4 is 0 Å². The molecule has 2 aliphatic rings. The van der Waals surface area contributed by atoms with Gasteiger partial charge in [-0.05, 0) is 38.8 Å². The summed E-state index contributed by atoms with van der Waals surface area (Å²) in [6, 6.07) is 1.91. The molecule has 0 aromatic carbocycles. The highest BCUT2D eigenvalue weighted by Crippen LogP contribution is 2.22. The van der Waals surface area contributed by atoms with Crippen molar-refractivity contribution in [3.05, 3.63) is 0 Å². The highest BCUT2D eigenvalue weighted by molar-refractivity contribution is 4.85. The lowest BCUT2D eigenvalue weighted by Gasteiger charge is -2.42. The van der Waals surface area contributed by atoms with Crippen LogP contribution in [0.5, 0.6) is 0 Å². The maximum atomic E-state index is 5.44. The first-order valence-corrected chi connectivity index (χ1v) is 8.91. The standard InChI is InChI=1S/C17H35N3O/c1-15(2)18-13-17(14-21-3)20-11-7-16(8-12-20)19-9-5-4-6-10-19/h15-18H,4-14H2,1-3H3. The van der Waals surface area contributed by atoms with E-state index in [1.54, 1.807) is 0 Å². The molecule has 2 rings (SSSR count). The Hall–Kier alpha value is -0.160. The van der Waals surface area contributed by atoms with E-state index in [0.717, 1.165) is 19.2 Å². The van der Waals surface area contributed by atoms with E-state index >= 15 is 0 Å². The lowest BCUT2D eigenvalue weighted by Crippen LogP contribution is -2.53. The van der Waals surface area contributed by atoms with Gasteiger partial charge in [-0.2, -0.15) is 0 Å². The molecule has 4 nitrogen and oxygen atoms in total. The Morgan fingerprint density at radius 2 is 1.71 bits per heavy atom. The zero-order valence-corrected chi connectivity index (χ0v) is 14.3. The van der Waals surface area contributed by atoms with Crippen LogP contribution >= 0.6 is 0 Å². The summed E-state index contributed by atoms with van der Waals surface area (Å²) in [6.07, 6.45) is 6.92. The first-order chi connectivity index (χ1) is 10.2. The number of piperidine rings is 2. The second kappa shape index (κ2) is 9.09. The summed E-state index contributed by atoms with van der Waals surface area (Å²) in [5.74, 6) is 0. The van der Waals surface area contributed by atoms with Gasteiger partial charge in [0.15, 0.2) is 0 Å². The van der Waals surface area contributed by atoms with Gasteiger partial charge in [-0.25, -0.2) is 0 Å². The summed E-state index contributed by atoms with van der Waals surface area (Å²) in [7, 11) is 1.82. The van der Waals surface area contributed by atoms with Crippen molar-refractivity contribution in [2.45, 2.75) is 64.1 Å². The lowest BCUT2D eigenvalue weighted by atomic mass is 9.98. The number of likely N-dealkylation sites (tertiary alicyclic amines) is 2. The predicted molar refractivity (Wildman–Crippen MR) is 88.8 cm³/mol. The minimum atomic E-state index is 0.528. The van der Waals surface area contributed by atoms with Crippen LogP contribution in [0.4, 0.5) is 0 Å². The van der Waals surface area contributed by atoms with Crippen LogP contribution < -0.4 is 5.32 Å². The van der Waals surface area contributed by atoms with Crippen molar-refractivity contribution in [2.24, 2.45) is 0 Å². The summed E-state index contributed by atoms with van der Waals surface area (Å²) >= 11 is 0. The maximum Gasteiger partial charge on any atom is 0.0630 e. The van der Waals surface area contributed by atoms with Crippen LogP contribution in [-0.2, 0) is 4.74 Å². The van der Waals surface area contributed by atoms with Crippen LogP contribution in [0, 0.1) is 0 Å². The molecule has 124 valence electrons. The van der Waals surface area contributed by atoms with E-state index in [-0.39, 0.29) is 0 Å². The van der Waals surface area contributed by atoms with Crippen molar-refractivity contribution in [1.29, 1.82) is 0 Å². The summed E-state index contributed by atoms with van der Waals surface area (Å²) in [5.41, 5.74) is 0. The molecular formula is C17H35N3O. The van der Waals surface area contributed by atoms with E-state index in [9.17, 15) is 0 Å². The topological polar surface area (TPSA) is 27.7 Å². The minimum Gasteiger partial charge on any atom is -0.383 e. The van der Waals surface area contributed by atoms with E-state index in [1.165, 1.54) is 58.3 Å². The van der Waals surface area contributed by atoms with Gasteiger partial charge >= 0.3 is 0 Å². The number of nitrogens with one attached hydrogen (secondary N) is 1. The number of hydrogen-bond acceptors (Lipinski definition) is 4. The van der Waals surface area contributed by atoms with Gasteiger partial charge in [0, 0.05) is 44.9 Å². The predicted octanol–water partition coefficient (Wildman–Crippen LogP) is 1.95. The molecular weight excluding hydrogens is 262 g/mol. The van der Waals surface area contributed by atoms with Crippen LogP contribution in [0.3, 0.4) is 0 Å². The smallest absolute Gasteiger partial charge is 0.0630 e. The second-order valence-corrected chi connectivity index (χ2v) is 7.04. The highest BCUT2D eigenvalue weighted by atomic mass is 16.5. The number of hydrogen-bond donors (Lipinski definition) is 1. The molecule has 2 aliphatic heterocycles. The molecule has 1 N–H and O–H groups in total. The lowest BCUT2D eigenvalue weighted by molar-refractivity contribution is 0.0407. The second-order valence-electron chi connectivity index (χ2n) is 7.04. The molecule has 0 aliphatic carbocycles. The molecule has 1 unspecified atom stereocenters. The molecule has 4 heteroatoms. The number of nitrogens with zero attached hydrogens (tertiary/aromatic N) is 2. The Morgan fingerprint density at radius 1 is 1.05 bits per heavy atom. The van der Waals surface area contributed by atoms with E-state index in [2.05, 4.69) is 29.0 Å². The minimum absolute atomic E-state index is 0.528. The fourth-order valence-corrected chi connectivity index (χ4v) is 3.76. The molecule has 2 saturated heterocycles. The number of methoxy groups -OCH3 is 1. The monoisotopic (exact) mass is 297 g/mol. The van der Waals surface area contributed by atoms with Gasteiger partial charge in [-0.3, -0.25) is 4.90 Å². The number of ether oxygens (including phenoxy) is 1. The third kappa shape index (κ3) is 5.51. The first kappa shape index (κ1) is 17.2. The highest BCUT2D eigenvalue weighted by Gasteiger charge is 2.28. The van der Waals surface area contributed by atoms with E-state index in [4.69, 9.17) is 4.74 Å². The quantitative estimate of drug-likeness (QED) is 0.777. The zero-order chi connectivity index (χ0) is 15.1. The molecule has 0 spiro atoms. The van der Waals surface area contributed by atoms with Crippen molar-refractivity contribution in [3.8, 4) is 0 Å². The molecule has 2 heterocycles. The average Bonchev–Trinajstić information content (AvgIpc) is 2.52. The molecule has 0 saturated carbocycles. The molecule has 0 amide bonds. The normalized spacial score (nSPS) is 24.6. The molecule has 0 radical (unpaired) electrons. The van der Waals surface area contributed by atoms with Gasteiger partial charge in [-0.15, -0.1) is 0 Å². The summed E-state index contributed by atoms with van der Waals surface area (Å²) in [5, 5.41) is 3.57. The van der Waals surface area contributed by atoms with Crippen LogP contribution in [0.15, 0.2) is 0 Å². The van der Waals surface area contributed by atoms with E-state index in [0.29, 0.717) is 12.1 Å². The largest absolute Gasteiger partial charge is 0.383 e. The third-order valence-corrected chi connectivity index (χ3v) is 5.04. The molecule has 1 atom stereocenters. The molecule has 0 bridgehead atoms. The number of rotatable bonds is 7. The Bertz CT molecular complexity index is 271. The fraction of sp³-hybridized carbons (Fsp3) is 1.00. The Balaban J connectivity index is 1.76. The average molecular weight is 297 g/mol. The van der Waals surface area contributed by atoms with Crippen LogP contribution in [0.1, 0.15) is 46.0 Å². The van der Waals surface area contributed by atoms with Crippen molar-refractivity contribution in [2.75, 3.05) is 46.4 Å². The van der Waals surface area contributed by atoms with Crippen molar-refractivity contribution in [3.63, 3.8) is 0 Å². The fourth-order valence-electron chi connectivity index (χ4n) is 3.76. The van der Waals surface area contributed by atoms with Crippen LogP contribution in [0.2, 0.25) is 0 Å². The first-order valence-electron chi connectivity index (χ1n) is 8.91. The van der Waals surface area contributed by atoms with Gasteiger partial charge in [0.05, 0.1) is 6.61 Å². The Kier molecular flexibility index (Phi) is 7.44. The zero-order valence-electron chi connectivity index (χ0n) is 14.3. The van der Waals surface area contributed by atoms with Gasteiger partial charge in [-0.1, -0.05) is 20.3 Å². The summed E-state index contributed by atoms with van der Waals surface area (Å²) < 4.78 is 5.44. The molecule has 0 aromatic rings. The van der Waals surface area contributed by atoms with Crippen molar-refractivity contribution < 1.29 is 4.74 Å². The van der Waals surface area contributed by atoms with Crippen LogP contribution in [0.25, 0.3) is 0 Å². The Labute approximate surface area is 131 Å². The molecule has 21 heavy (non-hydrogen) atoms. The summed E-state index contributed by atoms with van der Waals surface area (Å²) in [4.78, 5) is 5.39. The van der Waals surface area contributed by atoms with Gasteiger partial charge in [0.25, 0.3) is 0 Å². The van der Waals surface area contributed by atoms with E-state index in [1.807, 2.05) is 7.11 Å². The Morgan fingerprint density at radius 3 is 2.29 bits per heavy atom. The van der Waals surface area contributed by atoms with E-state index < -0.39 is 0 Å². The summed E-state index contributed by atoms with van der Waals surface area (Å²) in [6.45, 7) is 11.4. The van der Waals surface area contributed by atoms with Gasteiger partial charge in [0.2, 0.25) is 0 Å².